The number of hydrogen-bond acceptors (Lipinski definition) is 10. The molecule has 15 heteroatoms. The Morgan fingerprint density at radius 2 is 1.00 bits per heavy atom. The standard InChI is InChI=1S/C7H8.2O5P2.Zr/c1-7-5-3-2-4-6-7;2*1-6(2)5-7(3)4;/h2-6H,1H3;;;/q;;;+4. The van der Waals surface area contributed by atoms with Gasteiger partial charge in [0.1, 0.15) is 8.62 Å². The SMILES string of the molecule is Cc1ccccc1.O=[P+]([O-])O[P+](=O)[O-].O=[P+]([O-])O[P+](=O)[O-].[Zr+4]. The first-order valence-electron chi connectivity index (χ1n) is 4.60. The molecular formula is C7H8O10P4Zr+4. The molecule has 0 spiro atoms. The molecule has 0 bridgehead atoms. The minimum atomic E-state index is -3.24. The van der Waals surface area contributed by atoms with Crippen LogP contribution >= 0.6 is 33.0 Å². The molecule has 22 heavy (non-hydrogen) atoms. The third-order valence-corrected chi connectivity index (χ3v) is 3.34. The van der Waals surface area contributed by atoms with E-state index in [0.29, 0.717) is 0 Å². The predicted octanol–water partition coefficient (Wildman–Crippen LogP) is 0.0693. The number of hydrogen-bond donors (Lipinski definition) is 0. The summed E-state index contributed by atoms with van der Waals surface area (Å²) >= 11 is 0. The molecule has 0 heterocycles. The van der Waals surface area contributed by atoms with Gasteiger partial charge in [-0.15, -0.1) is 0 Å². The van der Waals surface area contributed by atoms with Crippen molar-refractivity contribution < 1.29 is 72.7 Å². The van der Waals surface area contributed by atoms with E-state index < -0.39 is 33.0 Å². The zero-order valence-corrected chi connectivity index (χ0v) is 16.8. The summed E-state index contributed by atoms with van der Waals surface area (Å²) in [6.45, 7) is 2.08. The Balaban J connectivity index is -0.000000241. The molecule has 0 amide bonds. The van der Waals surface area contributed by atoms with Crippen LogP contribution in [0.25, 0.3) is 0 Å². The van der Waals surface area contributed by atoms with E-state index in [1.165, 1.54) is 5.56 Å². The van der Waals surface area contributed by atoms with Gasteiger partial charge in [0, 0.05) is 0 Å². The van der Waals surface area contributed by atoms with Crippen LogP contribution in [-0.4, -0.2) is 0 Å². The molecule has 0 N–H and O–H groups in total. The Morgan fingerprint density at radius 3 is 1.09 bits per heavy atom. The first-order chi connectivity index (χ1) is 9.65. The van der Waals surface area contributed by atoms with E-state index in [2.05, 4.69) is 27.7 Å². The molecule has 1 rings (SSSR count). The smallest absolute Gasteiger partial charge is 0.563 e. The molecule has 0 aliphatic heterocycles. The summed E-state index contributed by atoms with van der Waals surface area (Å²) in [7, 11) is -12.9. The number of benzene rings is 1. The zero-order valence-electron chi connectivity index (χ0n) is 10.8. The van der Waals surface area contributed by atoms with Gasteiger partial charge in [-0.1, -0.05) is 35.9 Å². The van der Waals surface area contributed by atoms with E-state index in [1.54, 1.807) is 0 Å². The second-order valence-corrected chi connectivity index (χ2v) is 5.81. The van der Waals surface area contributed by atoms with Crippen molar-refractivity contribution in [3.8, 4) is 0 Å². The Hall–Kier alpha value is 0.263. The minimum Gasteiger partial charge on any atom is -0.563 e. The Morgan fingerprint density at radius 1 is 0.727 bits per heavy atom. The van der Waals surface area contributed by atoms with E-state index in [0.717, 1.165) is 0 Å². The molecule has 4 atom stereocenters. The van der Waals surface area contributed by atoms with Crippen LogP contribution in [0.2, 0.25) is 0 Å². The maximum Gasteiger partial charge on any atom is 4.00 e. The largest absolute Gasteiger partial charge is 4.00 e. The van der Waals surface area contributed by atoms with Gasteiger partial charge in [0.15, 0.2) is 0 Å². The number of aryl methyl sites for hydroxylation is 1. The molecular weight excluding hydrogens is 459 g/mol. The molecule has 0 saturated carbocycles. The summed E-state index contributed by atoms with van der Waals surface area (Å²) in [6, 6.07) is 10.3. The topological polar surface area (TPSA) is 179 Å². The van der Waals surface area contributed by atoms with Crippen molar-refractivity contribution in [1.29, 1.82) is 0 Å². The van der Waals surface area contributed by atoms with E-state index in [4.69, 9.17) is 0 Å². The van der Waals surface area contributed by atoms with Crippen molar-refractivity contribution in [2.75, 3.05) is 0 Å². The maximum atomic E-state index is 9.24. The van der Waals surface area contributed by atoms with Gasteiger partial charge in [0.05, 0.1) is 0 Å². The molecule has 116 valence electrons. The van der Waals surface area contributed by atoms with Gasteiger partial charge in [0.2, 0.25) is 0 Å². The molecule has 1 aromatic carbocycles. The third kappa shape index (κ3) is 28.4. The quantitative estimate of drug-likeness (QED) is 0.550. The van der Waals surface area contributed by atoms with Gasteiger partial charge in [-0.2, -0.15) is 0 Å². The van der Waals surface area contributed by atoms with Gasteiger partial charge < -0.3 is 19.6 Å². The van der Waals surface area contributed by atoms with E-state index in [9.17, 15) is 37.8 Å². The fourth-order valence-electron chi connectivity index (χ4n) is 0.643. The van der Waals surface area contributed by atoms with Crippen LogP contribution in [0.4, 0.5) is 0 Å². The number of rotatable bonds is 4. The fraction of sp³-hybridized carbons (Fsp3) is 0.143. The van der Waals surface area contributed by atoms with Crippen LogP contribution in [0.1, 0.15) is 5.56 Å². The Bertz CT molecular complexity index is 433. The molecule has 0 aliphatic carbocycles. The van der Waals surface area contributed by atoms with Crippen LogP contribution in [0.15, 0.2) is 30.3 Å². The monoisotopic (exact) mass is 466 g/mol. The molecule has 4 unspecified atom stereocenters. The van der Waals surface area contributed by atoms with Gasteiger partial charge >= 0.3 is 59.2 Å². The molecule has 0 aliphatic rings. The second-order valence-electron chi connectivity index (χ2n) is 2.71. The molecule has 1 aromatic rings. The van der Waals surface area contributed by atoms with Crippen LogP contribution in [0.5, 0.6) is 0 Å². The van der Waals surface area contributed by atoms with Crippen molar-refractivity contribution in [2.45, 2.75) is 6.92 Å². The van der Waals surface area contributed by atoms with Crippen LogP contribution in [-0.2, 0) is 53.1 Å². The third-order valence-electron chi connectivity index (χ3n) is 1.21. The fourth-order valence-corrected chi connectivity index (χ4v) is 1.51. The first kappa shape index (κ1) is 27.1. The van der Waals surface area contributed by atoms with Crippen molar-refractivity contribution in [1.82, 2.24) is 0 Å². The maximum absolute atomic E-state index is 9.24. The van der Waals surface area contributed by atoms with Crippen molar-refractivity contribution in [3.63, 3.8) is 0 Å². The summed E-state index contributed by atoms with van der Waals surface area (Å²) in [5.74, 6) is 0. The summed E-state index contributed by atoms with van der Waals surface area (Å²) < 4.78 is 43.3. The molecule has 10 nitrogen and oxygen atoms in total. The molecule has 0 fully saturated rings. The van der Waals surface area contributed by atoms with Crippen molar-refractivity contribution in [3.05, 3.63) is 35.9 Å². The van der Waals surface area contributed by atoms with Gasteiger partial charge in [-0.25, -0.2) is 0 Å². The van der Waals surface area contributed by atoms with E-state index >= 15 is 0 Å². The summed E-state index contributed by atoms with van der Waals surface area (Å²) in [6.07, 6.45) is 0. The Labute approximate surface area is 148 Å². The van der Waals surface area contributed by atoms with Crippen molar-refractivity contribution in [2.24, 2.45) is 0 Å². The molecule has 0 aromatic heterocycles. The van der Waals surface area contributed by atoms with Crippen LogP contribution in [0, 0.1) is 6.92 Å². The normalized spacial score (nSPS) is 11.3. The van der Waals surface area contributed by atoms with Gasteiger partial charge in [-0.3, -0.25) is 0 Å². The van der Waals surface area contributed by atoms with E-state index in [1.807, 2.05) is 18.2 Å². The average molecular weight is 467 g/mol. The molecule has 0 saturated heterocycles. The van der Waals surface area contributed by atoms with Crippen molar-refractivity contribution >= 4 is 33.0 Å². The van der Waals surface area contributed by atoms with Gasteiger partial charge in [-0.05, 0) is 25.2 Å². The molecule has 0 radical (unpaired) electrons. The minimum absolute atomic E-state index is 0. The van der Waals surface area contributed by atoms with Crippen LogP contribution < -0.4 is 19.6 Å². The average Bonchev–Trinajstić information content (AvgIpc) is 2.27. The predicted molar refractivity (Wildman–Crippen MR) is 63.8 cm³/mol. The van der Waals surface area contributed by atoms with Crippen LogP contribution in [0.3, 0.4) is 0 Å². The summed E-state index contributed by atoms with van der Waals surface area (Å²) in [5, 5.41) is 0. The van der Waals surface area contributed by atoms with E-state index in [-0.39, 0.29) is 26.2 Å². The zero-order chi connectivity index (χ0) is 16.8. The summed E-state index contributed by atoms with van der Waals surface area (Å²) in [4.78, 5) is 37.0. The second kappa shape index (κ2) is 17.6. The Kier molecular flexibility index (Phi) is 21.7. The van der Waals surface area contributed by atoms with Gasteiger partial charge in [0.25, 0.3) is 0 Å². The first-order valence-corrected chi connectivity index (χ1v) is 8.98. The summed E-state index contributed by atoms with van der Waals surface area (Å²) in [5.41, 5.74) is 1.32.